The number of likely N-dealkylation sites (tertiary alicyclic amines) is 1. The lowest BCUT2D eigenvalue weighted by Crippen LogP contribution is -2.54. The Morgan fingerprint density at radius 1 is 0.889 bits per heavy atom. The summed E-state index contributed by atoms with van der Waals surface area (Å²) in [6.07, 6.45) is -12.6. The van der Waals surface area contributed by atoms with Crippen molar-refractivity contribution in [2.24, 2.45) is 11.8 Å². The molecule has 2 aromatic rings. The molecule has 1 heterocycles. The van der Waals surface area contributed by atoms with Gasteiger partial charge in [0.05, 0.1) is 16.9 Å². The van der Waals surface area contributed by atoms with Crippen molar-refractivity contribution < 1.29 is 58.2 Å². The number of amides is 1. The van der Waals surface area contributed by atoms with Crippen LogP contribution in [0.5, 0.6) is 0 Å². The van der Waals surface area contributed by atoms with Crippen molar-refractivity contribution in [1.82, 2.24) is 4.90 Å². The normalized spacial score (nSPS) is 25.9. The highest BCUT2D eigenvalue weighted by Crippen LogP contribution is 2.57. The Morgan fingerprint density at radius 2 is 1.49 bits per heavy atom. The molecule has 0 radical (unpaired) electrons. The Hall–Kier alpha value is -3.23. The first-order valence-corrected chi connectivity index (χ1v) is 15.8. The monoisotopic (exact) mass is 667 g/mol. The fraction of sp³-hybridized carbons (Fsp3) is 0.533. The zero-order valence-corrected chi connectivity index (χ0v) is 24.6. The summed E-state index contributed by atoms with van der Waals surface area (Å²) in [5, 5.41) is 9.31. The van der Waals surface area contributed by atoms with E-state index >= 15 is 4.39 Å². The van der Waals surface area contributed by atoms with E-state index in [1.165, 1.54) is 17.9 Å². The second kappa shape index (κ2) is 10.9. The summed E-state index contributed by atoms with van der Waals surface area (Å²) in [6, 6.07) is 3.40. The van der Waals surface area contributed by atoms with Crippen LogP contribution < -0.4 is 0 Å². The number of carboxylic acid groups (broad SMARTS) is 1. The van der Waals surface area contributed by atoms with E-state index in [0.717, 1.165) is 18.2 Å². The molecule has 1 saturated heterocycles. The number of hydrogen-bond donors (Lipinski definition) is 1. The number of benzene rings is 2. The molecule has 2 unspecified atom stereocenters. The number of carbonyl (C=O) groups excluding carboxylic acids is 1. The number of aliphatic carboxylic acids is 1. The van der Waals surface area contributed by atoms with Crippen molar-refractivity contribution in [2.45, 2.75) is 85.6 Å². The van der Waals surface area contributed by atoms with Crippen LogP contribution >= 0.6 is 0 Å². The van der Waals surface area contributed by atoms with Gasteiger partial charge in [-0.05, 0) is 80.7 Å². The number of sulfone groups is 1. The van der Waals surface area contributed by atoms with Gasteiger partial charge in [-0.2, -0.15) is 26.3 Å². The van der Waals surface area contributed by atoms with Crippen LogP contribution in [-0.2, 0) is 36.3 Å². The first-order chi connectivity index (χ1) is 20.8. The van der Waals surface area contributed by atoms with Crippen molar-refractivity contribution in [3.8, 4) is 0 Å². The van der Waals surface area contributed by atoms with E-state index in [9.17, 15) is 53.8 Å². The van der Waals surface area contributed by atoms with Crippen LogP contribution in [0.3, 0.4) is 0 Å². The van der Waals surface area contributed by atoms with E-state index in [4.69, 9.17) is 0 Å². The van der Waals surface area contributed by atoms with Crippen molar-refractivity contribution in [1.29, 1.82) is 0 Å². The molecule has 1 N–H and O–H groups in total. The highest BCUT2D eigenvalue weighted by atomic mass is 32.2. The molecule has 6 nitrogen and oxygen atoms in total. The summed E-state index contributed by atoms with van der Waals surface area (Å²) in [6.45, 7) is 1.25. The third-order valence-corrected chi connectivity index (χ3v) is 12.2. The number of halogens is 8. The molecule has 3 aliphatic rings. The van der Waals surface area contributed by atoms with Crippen LogP contribution in [-0.4, -0.2) is 55.2 Å². The van der Waals surface area contributed by atoms with E-state index in [2.05, 4.69) is 0 Å². The highest BCUT2D eigenvalue weighted by Gasteiger charge is 2.74. The Labute approximate surface area is 253 Å². The molecule has 15 heteroatoms. The second-order valence-electron chi connectivity index (χ2n) is 12.1. The van der Waals surface area contributed by atoms with Gasteiger partial charge in [-0.25, -0.2) is 17.2 Å². The van der Waals surface area contributed by atoms with Crippen LogP contribution in [0.4, 0.5) is 35.1 Å². The lowest BCUT2D eigenvalue weighted by Gasteiger charge is -2.44. The van der Waals surface area contributed by atoms with Gasteiger partial charge in [-0.3, -0.25) is 9.59 Å². The molecule has 2 aromatic carbocycles. The molecule has 0 bridgehead atoms. The topological polar surface area (TPSA) is 91.8 Å². The summed E-state index contributed by atoms with van der Waals surface area (Å²) >= 11 is 0. The van der Waals surface area contributed by atoms with Crippen molar-refractivity contribution in [3.63, 3.8) is 0 Å². The zero-order valence-electron chi connectivity index (χ0n) is 23.8. The average Bonchev–Trinajstić information content (AvgIpc) is 3.38. The minimum atomic E-state index is -6.38. The molecule has 45 heavy (non-hydrogen) atoms. The van der Waals surface area contributed by atoms with E-state index in [1.54, 1.807) is 0 Å². The summed E-state index contributed by atoms with van der Waals surface area (Å²) in [5.41, 5.74) is -7.80. The Balaban J connectivity index is 1.64. The summed E-state index contributed by atoms with van der Waals surface area (Å²) in [4.78, 5) is 26.0. The van der Waals surface area contributed by atoms with Crippen LogP contribution in [0, 0.1) is 24.6 Å². The lowest BCUT2D eigenvalue weighted by atomic mass is 9.76. The summed E-state index contributed by atoms with van der Waals surface area (Å²) in [7, 11) is -4.69. The Kier molecular flexibility index (Phi) is 8.06. The van der Waals surface area contributed by atoms with Gasteiger partial charge in [0.25, 0.3) is 0 Å². The number of fused-ring (bicyclic) bond motifs is 3. The number of hydrogen-bond acceptors (Lipinski definition) is 4. The molecule has 1 amide bonds. The minimum absolute atomic E-state index is 0.121. The van der Waals surface area contributed by atoms with Gasteiger partial charge in [0, 0.05) is 18.0 Å². The quantitative estimate of drug-likeness (QED) is 0.367. The zero-order chi connectivity index (χ0) is 33.3. The van der Waals surface area contributed by atoms with Crippen LogP contribution in [0.15, 0.2) is 41.3 Å². The summed E-state index contributed by atoms with van der Waals surface area (Å²) in [5.74, 6) is -3.54. The fourth-order valence-electron chi connectivity index (χ4n) is 7.27. The first-order valence-electron chi connectivity index (χ1n) is 14.3. The highest BCUT2D eigenvalue weighted by molar-refractivity contribution is 7.92. The SMILES string of the molecule is Cc1ccc(S(=O)(=O)C23CCN(C(=O)C4CCC(C(=O)O)CC4)C2CCc2cc(C(F)(C(F)(F)F)C(F)(F)F)ccc23)cc1F. The molecule has 2 atom stereocenters. The Morgan fingerprint density at radius 3 is 2.04 bits per heavy atom. The third-order valence-electron chi connectivity index (χ3n) is 9.71. The van der Waals surface area contributed by atoms with Gasteiger partial charge in [-0.15, -0.1) is 0 Å². The number of aryl methyl sites for hydroxylation is 2. The number of carbonyl (C=O) groups is 2. The largest absolute Gasteiger partial charge is 0.481 e. The Bertz CT molecular complexity index is 1620. The minimum Gasteiger partial charge on any atom is -0.481 e. The molecule has 0 spiro atoms. The molecular formula is C30H29F8NO5S. The van der Waals surface area contributed by atoms with Gasteiger partial charge in [-0.1, -0.05) is 24.3 Å². The number of carboxylic acids is 1. The standard InChI is InChI=1S/C30H29F8NO5S/c1-16-2-9-21(15-23(16)31)45(43,44)27-12-13-39(25(40)17-3-5-18(6-4-17)26(41)42)24(27)11-7-19-14-20(8-10-22(19)27)28(32,29(33,34)35)30(36,37)38/h2,8-10,14-15,17-18,24H,3-7,11-13H2,1H3,(H,41,42). The molecule has 1 saturated carbocycles. The molecule has 2 aliphatic carbocycles. The predicted octanol–water partition coefficient (Wildman–Crippen LogP) is 6.53. The predicted molar refractivity (Wildman–Crippen MR) is 143 cm³/mol. The van der Waals surface area contributed by atoms with Crippen LogP contribution in [0.25, 0.3) is 0 Å². The molecular weight excluding hydrogens is 638 g/mol. The van der Waals surface area contributed by atoms with E-state index < -0.39 is 78.6 Å². The van der Waals surface area contributed by atoms with E-state index in [1.807, 2.05) is 0 Å². The maximum atomic E-state index is 15.0. The van der Waals surface area contributed by atoms with Gasteiger partial charge >= 0.3 is 24.0 Å². The third kappa shape index (κ3) is 4.99. The van der Waals surface area contributed by atoms with E-state index in [-0.39, 0.29) is 74.2 Å². The van der Waals surface area contributed by atoms with E-state index in [0.29, 0.717) is 6.07 Å². The molecule has 2 fully saturated rings. The average molecular weight is 668 g/mol. The molecule has 1 aliphatic heterocycles. The van der Waals surface area contributed by atoms with Crippen molar-refractivity contribution in [3.05, 3.63) is 64.5 Å². The molecule has 0 aromatic heterocycles. The number of nitrogens with zero attached hydrogens (tertiary/aromatic N) is 1. The fourth-order valence-corrected chi connectivity index (χ4v) is 9.65. The van der Waals surface area contributed by atoms with Crippen molar-refractivity contribution in [2.75, 3.05) is 6.54 Å². The van der Waals surface area contributed by atoms with Gasteiger partial charge in [0.1, 0.15) is 10.6 Å². The second-order valence-corrected chi connectivity index (χ2v) is 14.3. The van der Waals surface area contributed by atoms with Gasteiger partial charge in [0.15, 0.2) is 9.84 Å². The maximum absolute atomic E-state index is 15.0. The summed E-state index contributed by atoms with van der Waals surface area (Å²) < 4.78 is 138. The van der Waals surface area contributed by atoms with Gasteiger partial charge < -0.3 is 10.0 Å². The smallest absolute Gasteiger partial charge is 0.435 e. The molecule has 246 valence electrons. The van der Waals surface area contributed by atoms with Crippen molar-refractivity contribution >= 4 is 21.7 Å². The van der Waals surface area contributed by atoms with Crippen LogP contribution in [0.1, 0.15) is 60.8 Å². The molecule has 5 rings (SSSR count). The lowest BCUT2D eigenvalue weighted by molar-refractivity contribution is -0.348. The number of rotatable bonds is 5. The number of alkyl halides is 7. The van der Waals surface area contributed by atoms with Crippen LogP contribution in [0.2, 0.25) is 0 Å². The van der Waals surface area contributed by atoms with Gasteiger partial charge in [0.2, 0.25) is 5.91 Å². The first kappa shape index (κ1) is 33.1. The maximum Gasteiger partial charge on any atom is 0.435 e.